The molecule has 0 radical (unpaired) electrons. The first-order valence-corrected chi connectivity index (χ1v) is 11.5. The lowest BCUT2D eigenvalue weighted by Gasteiger charge is -2.39. The van der Waals surface area contributed by atoms with Crippen molar-refractivity contribution in [3.63, 3.8) is 0 Å². The van der Waals surface area contributed by atoms with E-state index in [1.807, 2.05) is 61.7 Å². The summed E-state index contributed by atoms with van der Waals surface area (Å²) in [6.45, 7) is 3.40. The summed E-state index contributed by atoms with van der Waals surface area (Å²) in [7, 11) is 1.71. The summed E-state index contributed by atoms with van der Waals surface area (Å²) < 4.78 is 7.16. The Morgan fingerprint density at radius 1 is 1.15 bits per heavy atom. The highest BCUT2D eigenvalue weighted by atomic mass is 16.5. The molecule has 34 heavy (non-hydrogen) atoms. The first kappa shape index (κ1) is 22.2. The highest BCUT2D eigenvalue weighted by Gasteiger charge is 2.29. The van der Waals surface area contributed by atoms with Crippen LogP contribution in [0.3, 0.4) is 0 Å². The number of aromatic nitrogens is 4. The number of hydrogen-bond acceptors (Lipinski definition) is 7. The molecule has 3 aromatic heterocycles. The largest absolute Gasteiger partial charge is 0.378 e. The van der Waals surface area contributed by atoms with Gasteiger partial charge in [0.25, 0.3) is 0 Å². The van der Waals surface area contributed by atoms with E-state index in [1.165, 1.54) is 0 Å². The van der Waals surface area contributed by atoms with Gasteiger partial charge in [-0.25, -0.2) is 14.5 Å². The van der Waals surface area contributed by atoms with Crippen LogP contribution in [0.4, 0.5) is 5.82 Å². The SMILES string of the molecule is COC1CN(c2cc(C(=O)CC[C@H](C)N)cc(-c3cnn4ccc(-c5ccccc5)nc34)n2)C1. The standard InChI is InChI=1S/C26H28N6O2/c1-17(27)8-9-24(33)19-12-23(29-25(13-19)31-15-20(16-31)34-2)21-14-28-32-11-10-22(30-26(21)32)18-6-4-3-5-7-18/h3-7,10-14,17,20H,8-9,15-16,27H2,1-2H3/t17-/m0/s1. The highest BCUT2D eigenvalue weighted by molar-refractivity contribution is 5.98. The van der Waals surface area contributed by atoms with Crippen molar-refractivity contribution in [1.82, 2.24) is 19.6 Å². The maximum Gasteiger partial charge on any atom is 0.164 e. The number of carbonyl (C=O) groups is 1. The van der Waals surface area contributed by atoms with E-state index in [0.717, 1.165) is 35.7 Å². The van der Waals surface area contributed by atoms with E-state index in [2.05, 4.69) is 10.00 Å². The van der Waals surface area contributed by atoms with Gasteiger partial charge in [-0.05, 0) is 31.5 Å². The lowest BCUT2D eigenvalue weighted by Crippen LogP contribution is -2.52. The molecule has 8 heteroatoms. The van der Waals surface area contributed by atoms with E-state index in [1.54, 1.807) is 17.8 Å². The number of nitrogens with two attached hydrogens (primary N) is 1. The second-order valence-corrected chi connectivity index (χ2v) is 8.81. The third-order valence-electron chi connectivity index (χ3n) is 6.18. The molecule has 0 aliphatic carbocycles. The first-order valence-electron chi connectivity index (χ1n) is 11.5. The molecule has 0 bridgehead atoms. The summed E-state index contributed by atoms with van der Waals surface area (Å²) >= 11 is 0. The van der Waals surface area contributed by atoms with Crippen molar-refractivity contribution in [2.45, 2.75) is 31.9 Å². The Morgan fingerprint density at radius 3 is 2.68 bits per heavy atom. The molecule has 1 aliphatic rings. The molecule has 8 nitrogen and oxygen atoms in total. The van der Waals surface area contributed by atoms with Crippen LogP contribution in [0.1, 0.15) is 30.1 Å². The summed E-state index contributed by atoms with van der Waals surface area (Å²) in [6, 6.07) is 15.6. The first-order chi connectivity index (χ1) is 16.5. The quantitative estimate of drug-likeness (QED) is 0.405. The van der Waals surface area contributed by atoms with Gasteiger partial charge in [0.05, 0.1) is 29.3 Å². The molecule has 4 aromatic rings. The molecule has 0 spiro atoms. The van der Waals surface area contributed by atoms with Crippen LogP contribution >= 0.6 is 0 Å². The molecule has 0 unspecified atom stereocenters. The van der Waals surface area contributed by atoms with Crippen LogP contribution in [-0.4, -0.2) is 57.7 Å². The maximum atomic E-state index is 13.0. The molecule has 1 aliphatic heterocycles. The van der Waals surface area contributed by atoms with Gasteiger partial charge >= 0.3 is 0 Å². The number of fused-ring (bicyclic) bond motifs is 1. The molecule has 1 saturated heterocycles. The smallest absolute Gasteiger partial charge is 0.164 e. The molecule has 1 aromatic carbocycles. The van der Waals surface area contributed by atoms with E-state index >= 15 is 0 Å². The Bertz CT molecular complexity index is 1310. The van der Waals surface area contributed by atoms with Crippen molar-refractivity contribution in [1.29, 1.82) is 0 Å². The number of Topliss-reactive ketones (excluding diaryl/α,β-unsaturated/α-hetero) is 1. The summed E-state index contributed by atoms with van der Waals surface area (Å²) in [5, 5.41) is 4.48. The molecule has 174 valence electrons. The van der Waals surface area contributed by atoms with Crippen molar-refractivity contribution < 1.29 is 9.53 Å². The van der Waals surface area contributed by atoms with Crippen LogP contribution in [0, 0.1) is 0 Å². The van der Waals surface area contributed by atoms with Gasteiger partial charge in [0.1, 0.15) is 5.82 Å². The maximum absolute atomic E-state index is 13.0. The topological polar surface area (TPSA) is 98.6 Å². The fraction of sp³-hybridized carbons (Fsp3) is 0.308. The normalized spacial score (nSPS) is 14.9. The van der Waals surface area contributed by atoms with E-state index in [-0.39, 0.29) is 17.9 Å². The Kier molecular flexibility index (Phi) is 6.08. The van der Waals surface area contributed by atoms with Gasteiger partial charge in [0.15, 0.2) is 11.4 Å². The molecule has 0 saturated carbocycles. The van der Waals surface area contributed by atoms with Crippen LogP contribution in [0.2, 0.25) is 0 Å². The third kappa shape index (κ3) is 4.42. The predicted molar refractivity (Wildman–Crippen MR) is 132 cm³/mol. The molecule has 2 N–H and O–H groups in total. The Labute approximate surface area is 198 Å². The van der Waals surface area contributed by atoms with Gasteiger partial charge in [-0.2, -0.15) is 5.10 Å². The molecular weight excluding hydrogens is 428 g/mol. The van der Waals surface area contributed by atoms with E-state index in [4.69, 9.17) is 20.4 Å². The number of carbonyl (C=O) groups excluding carboxylic acids is 1. The number of nitrogens with zero attached hydrogens (tertiary/aromatic N) is 5. The van der Waals surface area contributed by atoms with Crippen LogP contribution in [0.25, 0.3) is 28.2 Å². The molecule has 4 heterocycles. The van der Waals surface area contributed by atoms with Crippen molar-refractivity contribution >= 4 is 17.2 Å². The lowest BCUT2D eigenvalue weighted by molar-refractivity contribution is 0.0783. The molecule has 5 rings (SSSR count). The number of methoxy groups -OCH3 is 1. The van der Waals surface area contributed by atoms with Crippen LogP contribution in [-0.2, 0) is 4.74 Å². The summed E-state index contributed by atoms with van der Waals surface area (Å²) in [5.41, 5.74) is 10.5. The van der Waals surface area contributed by atoms with Gasteiger partial charge < -0.3 is 15.4 Å². The van der Waals surface area contributed by atoms with E-state index in [9.17, 15) is 4.79 Å². The second kappa shape index (κ2) is 9.32. The molecular formula is C26H28N6O2. The number of anilines is 1. The number of hydrogen-bond donors (Lipinski definition) is 1. The summed E-state index contributed by atoms with van der Waals surface area (Å²) in [6.07, 6.45) is 4.86. The predicted octanol–water partition coefficient (Wildman–Crippen LogP) is 3.60. The fourth-order valence-electron chi connectivity index (χ4n) is 4.07. The lowest BCUT2D eigenvalue weighted by atomic mass is 10.0. The average molecular weight is 457 g/mol. The Hall–Kier alpha value is -3.62. The average Bonchev–Trinajstić information content (AvgIpc) is 3.25. The van der Waals surface area contributed by atoms with Crippen molar-refractivity contribution in [2.75, 3.05) is 25.1 Å². The monoisotopic (exact) mass is 456 g/mol. The van der Waals surface area contributed by atoms with Crippen LogP contribution in [0.15, 0.2) is 60.9 Å². The van der Waals surface area contributed by atoms with E-state index < -0.39 is 0 Å². The molecule has 1 fully saturated rings. The van der Waals surface area contributed by atoms with Gasteiger partial charge in [-0.15, -0.1) is 0 Å². The Balaban J connectivity index is 1.56. The minimum atomic E-state index is -0.0252. The van der Waals surface area contributed by atoms with Crippen molar-refractivity contribution in [3.05, 3.63) is 66.5 Å². The fourth-order valence-corrected chi connectivity index (χ4v) is 4.07. The number of ether oxygens (including phenoxy) is 1. The zero-order valence-corrected chi connectivity index (χ0v) is 19.4. The van der Waals surface area contributed by atoms with Gasteiger partial charge in [-0.3, -0.25) is 4.79 Å². The number of benzene rings is 1. The summed E-state index contributed by atoms with van der Waals surface area (Å²) in [4.78, 5) is 24.9. The third-order valence-corrected chi connectivity index (χ3v) is 6.18. The molecule has 1 atom stereocenters. The number of ketones is 1. The van der Waals surface area contributed by atoms with Gasteiger partial charge in [-0.1, -0.05) is 30.3 Å². The number of pyridine rings is 1. The molecule has 0 amide bonds. The van der Waals surface area contributed by atoms with Crippen LogP contribution < -0.4 is 10.6 Å². The summed E-state index contributed by atoms with van der Waals surface area (Å²) in [5.74, 6) is 0.814. The Morgan fingerprint density at radius 2 is 1.94 bits per heavy atom. The van der Waals surface area contributed by atoms with Crippen molar-refractivity contribution in [3.8, 4) is 22.5 Å². The number of rotatable bonds is 8. The van der Waals surface area contributed by atoms with Gasteiger partial charge in [0.2, 0.25) is 0 Å². The minimum Gasteiger partial charge on any atom is -0.378 e. The second-order valence-electron chi connectivity index (χ2n) is 8.81. The van der Waals surface area contributed by atoms with Gasteiger partial charge in [0, 0.05) is 50.0 Å². The minimum absolute atomic E-state index is 0.0252. The van der Waals surface area contributed by atoms with E-state index in [0.29, 0.717) is 29.7 Å². The zero-order valence-electron chi connectivity index (χ0n) is 19.4. The highest BCUT2D eigenvalue weighted by Crippen LogP contribution is 2.30. The zero-order chi connectivity index (χ0) is 23.7. The van der Waals surface area contributed by atoms with Crippen LogP contribution in [0.5, 0.6) is 0 Å². The van der Waals surface area contributed by atoms with Crippen molar-refractivity contribution in [2.24, 2.45) is 5.73 Å².